The van der Waals surface area contributed by atoms with E-state index in [1.807, 2.05) is 24.3 Å². The zero-order valence-corrected chi connectivity index (χ0v) is 13.2. The van der Waals surface area contributed by atoms with Gasteiger partial charge in [-0.3, -0.25) is 0 Å². The van der Waals surface area contributed by atoms with Gasteiger partial charge in [-0.15, -0.1) is 0 Å². The summed E-state index contributed by atoms with van der Waals surface area (Å²) in [5.74, 6) is -0.569. The molecule has 0 radical (unpaired) electrons. The van der Waals surface area contributed by atoms with E-state index in [-0.39, 0.29) is 11.4 Å². The lowest BCUT2D eigenvalue weighted by Gasteiger charge is -2.18. The number of hydrogen-bond acceptors (Lipinski definition) is 2. The Bertz CT molecular complexity index is 719. The van der Waals surface area contributed by atoms with Crippen LogP contribution in [0.15, 0.2) is 57.9 Å². The van der Waals surface area contributed by atoms with Gasteiger partial charge in [0.05, 0.1) is 4.90 Å². The first-order valence-corrected chi connectivity index (χ1v) is 8.10. The van der Waals surface area contributed by atoms with Gasteiger partial charge < -0.3 is 0 Å². The molecule has 0 amide bonds. The first-order chi connectivity index (χ1) is 9.41. The van der Waals surface area contributed by atoms with Gasteiger partial charge in [-0.05, 0) is 29.8 Å². The first kappa shape index (κ1) is 15.2. The van der Waals surface area contributed by atoms with Crippen LogP contribution in [0, 0.1) is 5.82 Å². The highest BCUT2D eigenvalue weighted by Gasteiger charge is 2.21. The normalized spacial score (nSPS) is 11.8. The second-order valence-electron chi connectivity index (χ2n) is 4.31. The van der Waals surface area contributed by atoms with Crippen LogP contribution < -0.4 is 0 Å². The largest absolute Gasteiger partial charge is 0.243 e. The molecule has 2 rings (SSSR count). The minimum Gasteiger partial charge on any atom is -0.207 e. The lowest BCUT2D eigenvalue weighted by molar-refractivity contribution is 0.465. The average molecular weight is 358 g/mol. The smallest absolute Gasteiger partial charge is 0.207 e. The van der Waals surface area contributed by atoms with E-state index in [4.69, 9.17) is 0 Å². The molecule has 6 heteroatoms. The Morgan fingerprint density at radius 1 is 1.15 bits per heavy atom. The van der Waals surface area contributed by atoms with Gasteiger partial charge in [0.25, 0.3) is 0 Å². The van der Waals surface area contributed by atoms with Gasteiger partial charge in [0.1, 0.15) is 5.82 Å². The van der Waals surface area contributed by atoms with E-state index >= 15 is 0 Å². The summed E-state index contributed by atoms with van der Waals surface area (Å²) in [6, 6.07) is 12.4. The molecule has 0 spiro atoms. The molecule has 106 valence electrons. The van der Waals surface area contributed by atoms with Crippen molar-refractivity contribution in [1.29, 1.82) is 0 Å². The summed E-state index contributed by atoms with van der Waals surface area (Å²) < 4.78 is 39.9. The molecule has 0 saturated carbocycles. The molecule has 0 atom stereocenters. The highest BCUT2D eigenvalue weighted by atomic mass is 79.9. The maximum Gasteiger partial charge on any atom is 0.243 e. The zero-order chi connectivity index (χ0) is 14.8. The van der Waals surface area contributed by atoms with Crippen molar-refractivity contribution < 1.29 is 12.8 Å². The van der Waals surface area contributed by atoms with Crippen molar-refractivity contribution in [3.63, 3.8) is 0 Å². The topological polar surface area (TPSA) is 37.4 Å². The van der Waals surface area contributed by atoms with Crippen LogP contribution in [-0.4, -0.2) is 19.8 Å². The molecule has 0 heterocycles. The Hall–Kier alpha value is -1.24. The molecule has 0 aliphatic carbocycles. The Kier molecular flexibility index (Phi) is 4.57. The van der Waals surface area contributed by atoms with E-state index in [0.29, 0.717) is 0 Å². The summed E-state index contributed by atoms with van der Waals surface area (Å²) in [6.07, 6.45) is 0. The monoisotopic (exact) mass is 357 g/mol. The molecule has 0 fully saturated rings. The Labute approximate surface area is 126 Å². The summed E-state index contributed by atoms with van der Waals surface area (Å²) in [5, 5.41) is 0. The number of sulfonamides is 1. The minimum atomic E-state index is -3.70. The predicted octanol–water partition coefficient (Wildman–Crippen LogP) is 3.41. The summed E-state index contributed by atoms with van der Waals surface area (Å²) in [5.41, 5.74) is 0.843. The van der Waals surface area contributed by atoms with E-state index in [2.05, 4.69) is 15.9 Å². The van der Waals surface area contributed by atoms with Gasteiger partial charge >= 0.3 is 0 Å². The average Bonchev–Trinajstić information content (AvgIpc) is 2.41. The number of halogens is 2. The zero-order valence-electron chi connectivity index (χ0n) is 10.8. The third-order valence-corrected chi connectivity index (χ3v) is 5.43. The van der Waals surface area contributed by atoms with Gasteiger partial charge in [0, 0.05) is 18.1 Å². The fraction of sp³-hybridized carbons (Fsp3) is 0.143. The number of benzene rings is 2. The standard InChI is InChI=1S/C14H13BrFNO2S/c1-17(10-11-5-2-3-8-14(11)15)20(18,19)13-7-4-6-12(16)9-13/h2-9H,10H2,1H3. The molecule has 0 N–H and O–H groups in total. The third-order valence-electron chi connectivity index (χ3n) is 2.86. The maximum absolute atomic E-state index is 13.2. The molecule has 0 aliphatic rings. The maximum atomic E-state index is 13.2. The van der Waals surface area contributed by atoms with Crippen molar-refractivity contribution in [2.24, 2.45) is 0 Å². The highest BCUT2D eigenvalue weighted by molar-refractivity contribution is 9.10. The molecule has 3 nitrogen and oxygen atoms in total. The number of hydrogen-bond donors (Lipinski definition) is 0. The molecule has 0 unspecified atom stereocenters. The van der Waals surface area contributed by atoms with Gasteiger partial charge in [-0.25, -0.2) is 12.8 Å². The van der Waals surface area contributed by atoms with Gasteiger partial charge in [-0.2, -0.15) is 4.31 Å². The van der Waals surface area contributed by atoms with Gasteiger partial charge in [-0.1, -0.05) is 40.2 Å². The van der Waals surface area contributed by atoms with Crippen molar-refractivity contribution in [1.82, 2.24) is 4.31 Å². The molecule has 0 bridgehead atoms. The van der Waals surface area contributed by atoms with Crippen molar-refractivity contribution in [3.05, 3.63) is 64.4 Å². The summed E-state index contributed by atoms with van der Waals surface area (Å²) in [6.45, 7) is 0.209. The summed E-state index contributed by atoms with van der Waals surface area (Å²) in [4.78, 5) is -0.0490. The van der Waals surface area contributed by atoms with E-state index in [1.54, 1.807) is 0 Å². The van der Waals surface area contributed by atoms with Crippen LogP contribution in [0.5, 0.6) is 0 Å². The van der Waals surface area contributed by atoms with Crippen LogP contribution in [-0.2, 0) is 16.6 Å². The fourth-order valence-corrected chi connectivity index (χ4v) is 3.35. The van der Waals surface area contributed by atoms with Crippen LogP contribution in [0.2, 0.25) is 0 Å². The molecule has 0 saturated heterocycles. The van der Waals surface area contributed by atoms with Crippen molar-refractivity contribution in [3.8, 4) is 0 Å². The first-order valence-electron chi connectivity index (χ1n) is 5.86. The molecule has 0 aliphatic heterocycles. The molecule has 2 aromatic carbocycles. The van der Waals surface area contributed by atoms with Crippen LogP contribution in [0.25, 0.3) is 0 Å². The molecular formula is C14H13BrFNO2S. The lowest BCUT2D eigenvalue weighted by Crippen LogP contribution is -2.26. The van der Waals surface area contributed by atoms with Crippen LogP contribution >= 0.6 is 15.9 Å². The van der Waals surface area contributed by atoms with Crippen LogP contribution in [0.1, 0.15) is 5.56 Å². The number of rotatable bonds is 4. The van der Waals surface area contributed by atoms with Crippen LogP contribution in [0.3, 0.4) is 0 Å². The van der Waals surface area contributed by atoms with Crippen LogP contribution in [0.4, 0.5) is 4.39 Å². The van der Waals surface area contributed by atoms with E-state index < -0.39 is 15.8 Å². The Balaban J connectivity index is 2.29. The molecule has 0 aromatic heterocycles. The lowest BCUT2D eigenvalue weighted by atomic mass is 10.2. The van der Waals surface area contributed by atoms with E-state index in [0.717, 1.165) is 16.1 Å². The molecule has 20 heavy (non-hydrogen) atoms. The fourth-order valence-electron chi connectivity index (χ4n) is 1.76. The molecule has 2 aromatic rings. The second-order valence-corrected chi connectivity index (χ2v) is 7.21. The van der Waals surface area contributed by atoms with E-state index in [1.165, 1.54) is 29.6 Å². The van der Waals surface area contributed by atoms with Crippen molar-refractivity contribution >= 4 is 26.0 Å². The highest BCUT2D eigenvalue weighted by Crippen LogP contribution is 2.21. The van der Waals surface area contributed by atoms with E-state index in [9.17, 15) is 12.8 Å². The number of nitrogens with zero attached hydrogens (tertiary/aromatic N) is 1. The molecular weight excluding hydrogens is 345 g/mol. The summed E-state index contributed by atoms with van der Waals surface area (Å²) in [7, 11) is -2.23. The quantitative estimate of drug-likeness (QED) is 0.840. The van der Waals surface area contributed by atoms with Crippen molar-refractivity contribution in [2.45, 2.75) is 11.4 Å². The second kappa shape index (κ2) is 6.03. The predicted molar refractivity (Wildman–Crippen MR) is 79.2 cm³/mol. The van der Waals surface area contributed by atoms with Gasteiger partial charge in [0.15, 0.2) is 0 Å². The van der Waals surface area contributed by atoms with Crippen molar-refractivity contribution in [2.75, 3.05) is 7.05 Å². The van der Waals surface area contributed by atoms with Gasteiger partial charge in [0.2, 0.25) is 10.0 Å². The summed E-state index contributed by atoms with van der Waals surface area (Å²) >= 11 is 3.38. The minimum absolute atomic E-state index is 0.0490. The third kappa shape index (κ3) is 3.26. The Morgan fingerprint density at radius 2 is 1.85 bits per heavy atom. The Morgan fingerprint density at radius 3 is 2.50 bits per heavy atom. The SMILES string of the molecule is CN(Cc1ccccc1Br)S(=O)(=O)c1cccc(F)c1.